The number of aromatic nitrogens is 2. The molecule has 0 saturated carbocycles. The van der Waals surface area contributed by atoms with Crippen molar-refractivity contribution < 1.29 is 33.6 Å². The maximum atomic E-state index is 12.1. The Labute approximate surface area is 263 Å². The molecule has 1 aliphatic rings. The number of piperidine rings is 1. The van der Waals surface area contributed by atoms with E-state index in [1.54, 1.807) is 31.9 Å². The van der Waals surface area contributed by atoms with Crippen molar-refractivity contribution in [2.24, 2.45) is 0 Å². The highest BCUT2D eigenvalue weighted by Crippen LogP contribution is 2.35. The highest BCUT2D eigenvalue weighted by molar-refractivity contribution is 5.65. The zero-order chi connectivity index (χ0) is 31.3. The summed E-state index contributed by atoms with van der Waals surface area (Å²) >= 11 is 0. The van der Waals surface area contributed by atoms with Gasteiger partial charge in [0.05, 0.1) is 65.4 Å². The number of amides is 1. The lowest BCUT2D eigenvalue weighted by Crippen LogP contribution is -2.54. The number of methoxy groups -OCH3 is 1. The van der Waals surface area contributed by atoms with Crippen LogP contribution in [-0.4, -0.2) is 71.7 Å². The molecule has 1 fully saturated rings. The third-order valence-corrected chi connectivity index (χ3v) is 7.72. The van der Waals surface area contributed by atoms with Gasteiger partial charge in [-0.05, 0) is 59.2 Å². The molecule has 10 heteroatoms. The summed E-state index contributed by atoms with van der Waals surface area (Å²) in [5.41, 5.74) is 3.92. The SMILES string of the molecule is COc1ccccc1COCCCOc1ccc(C2[C@@H](OCc3ccncc3)CN(C(=O)O)C[C@H]2OCc2ccncc2)cc1. The fourth-order valence-corrected chi connectivity index (χ4v) is 5.38. The van der Waals surface area contributed by atoms with Crippen molar-refractivity contribution in [1.29, 1.82) is 0 Å². The van der Waals surface area contributed by atoms with Gasteiger partial charge >= 0.3 is 6.09 Å². The Morgan fingerprint density at radius 3 is 1.98 bits per heavy atom. The average Bonchev–Trinajstić information content (AvgIpc) is 3.09. The van der Waals surface area contributed by atoms with E-state index in [4.69, 9.17) is 23.7 Å². The smallest absolute Gasteiger partial charge is 0.407 e. The summed E-state index contributed by atoms with van der Waals surface area (Å²) < 4.78 is 30.0. The van der Waals surface area contributed by atoms with Crippen LogP contribution in [0.25, 0.3) is 0 Å². The Balaban J connectivity index is 1.23. The number of rotatable bonds is 15. The molecule has 0 aliphatic carbocycles. The van der Waals surface area contributed by atoms with Crippen LogP contribution in [0.2, 0.25) is 0 Å². The van der Waals surface area contributed by atoms with E-state index in [-0.39, 0.29) is 19.0 Å². The van der Waals surface area contributed by atoms with Crippen molar-refractivity contribution in [1.82, 2.24) is 14.9 Å². The second-order valence-electron chi connectivity index (χ2n) is 10.8. The van der Waals surface area contributed by atoms with Crippen molar-refractivity contribution in [3.63, 3.8) is 0 Å². The van der Waals surface area contributed by atoms with E-state index in [2.05, 4.69) is 9.97 Å². The van der Waals surface area contributed by atoms with Crippen LogP contribution in [0.4, 0.5) is 4.79 Å². The minimum absolute atomic E-state index is 0.207. The lowest BCUT2D eigenvalue weighted by molar-refractivity contribution is -0.0937. The van der Waals surface area contributed by atoms with Gasteiger partial charge in [-0.25, -0.2) is 4.79 Å². The molecule has 1 saturated heterocycles. The highest BCUT2D eigenvalue weighted by Gasteiger charge is 2.41. The Hall–Kier alpha value is -4.51. The molecule has 3 atom stereocenters. The average molecular weight is 614 g/mol. The second-order valence-corrected chi connectivity index (χ2v) is 10.8. The summed E-state index contributed by atoms with van der Waals surface area (Å²) in [6.45, 7) is 2.67. The van der Waals surface area contributed by atoms with Gasteiger partial charge in [-0.1, -0.05) is 30.3 Å². The van der Waals surface area contributed by atoms with Gasteiger partial charge in [0.1, 0.15) is 11.5 Å². The van der Waals surface area contributed by atoms with Crippen LogP contribution in [0.5, 0.6) is 11.5 Å². The lowest BCUT2D eigenvalue weighted by atomic mass is 9.84. The summed E-state index contributed by atoms with van der Waals surface area (Å²) in [5.74, 6) is 1.36. The first-order valence-electron chi connectivity index (χ1n) is 15.0. The normalized spacial score (nSPS) is 18.0. The fourth-order valence-electron chi connectivity index (χ4n) is 5.38. The molecule has 4 aromatic rings. The number of likely N-dealkylation sites (tertiary alicyclic amines) is 1. The minimum atomic E-state index is -1.00. The molecular weight excluding hydrogens is 574 g/mol. The first-order chi connectivity index (χ1) is 22.1. The van der Waals surface area contributed by atoms with Gasteiger partial charge in [0.25, 0.3) is 0 Å². The van der Waals surface area contributed by atoms with Crippen molar-refractivity contribution in [3.05, 3.63) is 120 Å². The fraction of sp³-hybridized carbons (Fsp3) is 0.343. The molecular formula is C35H39N3O7. The third-order valence-electron chi connectivity index (χ3n) is 7.72. The van der Waals surface area contributed by atoms with Crippen molar-refractivity contribution in [2.45, 2.75) is 44.4 Å². The van der Waals surface area contributed by atoms with E-state index in [1.807, 2.05) is 72.8 Å². The topological polar surface area (TPSA) is 112 Å². The molecule has 10 nitrogen and oxygen atoms in total. The molecule has 0 radical (unpaired) electrons. The molecule has 236 valence electrons. The van der Waals surface area contributed by atoms with Crippen molar-refractivity contribution in [2.75, 3.05) is 33.4 Å². The Bertz CT molecular complexity index is 1400. The van der Waals surface area contributed by atoms with E-state index >= 15 is 0 Å². The number of ether oxygens (including phenoxy) is 5. The predicted molar refractivity (Wildman–Crippen MR) is 167 cm³/mol. The van der Waals surface area contributed by atoms with E-state index in [0.29, 0.717) is 33.0 Å². The maximum Gasteiger partial charge on any atom is 0.407 e. The number of carboxylic acid groups (broad SMARTS) is 1. The standard InChI is InChI=1S/C35H39N3O7/c1-41-31-6-3-2-5-29(31)25-42-19-4-20-43-30-9-7-28(8-10-30)34-32(44-23-26-11-15-36-16-12-26)21-38(35(39)40)22-33(34)45-24-27-13-17-37-18-14-27/h2-3,5-18,32-34H,4,19-25H2,1H3,(H,39,40)/t32-,33+,34?. The van der Waals surface area contributed by atoms with Gasteiger partial charge in [0.15, 0.2) is 0 Å². The molecule has 5 rings (SSSR count). The largest absolute Gasteiger partial charge is 0.496 e. The van der Waals surface area contributed by atoms with E-state index < -0.39 is 18.3 Å². The lowest BCUT2D eigenvalue weighted by Gasteiger charge is -2.42. The van der Waals surface area contributed by atoms with Crippen LogP contribution in [0.1, 0.15) is 34.6 Å². The van der Waals surface area contributed by atoms with Crippen LogP contribution in [-0.2, 0) is 34.0 Å². The molecule has 2 aromatic heterocycles. The van der Waals surface area contributed by atoms with Crippen LogP contribution < -0.4 is 9.47 Å². The summed E-state index contributed by atoms with van der Waals surface area (Å²) in [6.07, 6.45) is 5.73. The van der Waals surface area contributed by atoms with Gasteiger partial charge in [-0.3, -0.25) is 9.97 Å². The first-order valence-corrected chi connectivity index (χ1v) is 15.0. The van der Waals surface area contributed by atoms with Crippen molar-refractivity contribution in [3.8, 4) is 11.5 Å². The molecule has 2 aromatic carbocycles. The van der Waals surface area contributed by atoms with Crippen LogP contribution in [0.15, 0.2) is 97.6 Å². The molecule has 3 heterocycles. The first kappa shape index (κ1) is 31.9. The number of benzene rings is 2. The number of pyridine rings is 2. The number of nitrogens with zero attached hydrogens (tertiary/aromatic N) is 3. The molecule has 0 spiro atoms. The summed E-state index contributed by atoms with van der Waals surface area (Å²) in [6, 6.07) is 23.3. The third kappa shape index (κ3) is 9.24. The van der Waals surface area contributed by atoms with Gasteiger partial charge < -0.3 is 33.7 Å². The number of carbonyl (C=O) groups is 1. The monoisotopic (exact) mass is 613 g/mol. The Morgan fingerprint density at radius 1 is 0.800 bits per heavy atom. The zero-order valence-corrected chi connectivity index (χ0v) is 25.4. The maximum absolute atomic E-state index is 12.1. The van der Waals surface area contributed by atoms with Gasteiger partial charge in [0.2, 0.25) is 0 Å². The van der Waals surface area contributed by atoms with Crippen molar-refractivity contribution >= 4 is 6.09 Å². The Morgan fingerprint density at radius 2 is 1.40 bits per heavy atom. The molecule has 1 amide bonds. The zero-order valence-electron chi connectivity index (χ0n) is 25.4. The van der Waals surface area contributed by atoms with Crippen LogP contribution >= 0.6 is 0 Å². The number of hydrogen-bond acceptors (Lipinski definition) is 8. The van der Waals surface area contributed by atoms with E-state index in [0.717, 1.165) is 40.2 Å². The predicted octanol–water partition coefficient (Wildman–Crippen LogP) is 5.72. The van der Waals surface area contributed by atoms with Gasteiger partial charge in [-0.15, -0.1) is 0 Å². The number of para-hydroxylation sites is 1. The van der Waals surface area contributed by atoms with Crippen LogP contribution in [0, 0.1) is 0 Å². The summed E-state index contributed by atoms with van der Waals surface area (Å²) in [4.78, 5) is 21.6. The highest BCUT2D eigenvalue weighted by atomic mass is 16.5. The molecule has 1 aliphatic heterocycles. The quantitative estimate of drug-likeness (QED) is 0.168. The minimum Gasteiger partial charge on any atom is -0.496 e. The van der Waals surface area contributed by atoms with Gasteiger partial charge in [0, 0.05) is 42.7 Å². The Kier molecular flexibility index (Phi) is 11.7. The summed E-state index contributed by atoms with van der Waals surface area (Å²) in [5, 5.41) is 9.92. The molecule has 1 unspecified atom stereocenters. The molecule has 1 N–H and O–H groups in total. The second kappa shape index (κ2) is 16.5. The van der Waals surface area contributed by atoms with E-state index in [9.17, 15) is 9.90 Å². The van der Waals surface area contributed by atoms with Crippen LogP contribution in [0.3, 0.4) is 0 Å². The molecule has 0 bridgehead atoms. The number of hydrogen-bond donors (Lipinski definition) is 1. The summed E-state index contributed by atoms with van der Waals surface area (Å²) in [7, 11) is 1.66. The van der Waals surface area contributed by atoms with Gasteiger partial charge in [-0.2, -0.15) is 0 Å². The molecule has 45 heavy (non-hydrogen) atoms. The van der Waals surface area contributed by atoms with E-state index in [1.165, 1.54) is 4.90 Å².